The van der Waals surface area contributed by atoms with Crippen LogP contribution in [0.3, 0.4) is 0 Å². The molecule has 1 saturated heterocycles. The highest BCUT2D eigenvalue weighted by Gasteiger charge is 2.29. The van der Waals surface area contributed by atoms with Crippen LogP contribution in [-0.2, 0) is 14.3 Å². The zero-order chi connectivity index (χ0) is 20.6. The van der Waals surface area contributed by atoms with Crippen LogP contribution in [0, 0.1) is 5.92 Å². The van der Waals surface area contributed by atoms with E-state index in [1.165, 1.54) is 0 Å². The smallest absolute Gasteiger partial charge is 0.309 e. The van der Waals surface area contributed by atoms with Crippen molar-refractivity contribution in [3.63, 3.8) is 0 Å². The lowest BCUT2D eigenvalue weighted by Crippen LogP contribution is -2.41. The molecule has 2 aromatic rings. The van der Waals surface area contributed by atoms with Gasteiger partial charge in [0.1, 0.15) is 5.75 Å². The van der Waals surface area contributed by atoms with Crippen LogP contribution in [0.5, 0.6) is 5.75 Å². The maximum atomic E-state index is 13.3. The summed E-state index contributed by atoms with van der Waals surface area (Å²) in [6.07, 6.45) is 3.18. The van der Waals surface area contributed by atoms with Crippen LogP contribution in [-0.4, -0.2) is 43.6 Å². The standard InChI is InChI=1S/C24H27NO4/c1-3-29-24(27)20-13-15-25(16-14-20)23(26)22(19-7-5-4-6-8-19)17-18-9-11-21(28-2)12-10-18/h4-12,17,20H,3,13-16H2,1-2H3/b22-17+. The van der Waals surface area contributed by atoms with E-state index in [9.17, 15) is 9.59 Å². The van der Waals surface area contributed by atoms with Gasteiger partial charge in [0.15, 0.2) is 0 Å². The Hall–Kier alpha value is -3.08. The number of esters is 1. The van der Waals surface area contributed by atoms with Crippen molar-refractivity contribution in [3.05, 3.63) is 65.7 Å². The molecule has 0 unspecified atom stereocenters. The quantitative estimate of drug-likeness (QED) is 0.422. The van der Waals surface area contributed by atoms with Gasteiger partial charge in [-0.3, -0.25) is 9.59 Å². The molecule has 1 heterocycles. The minimum absolute atomic E-state index is 0.0191. The van der Waals surface area contributed by atoms with E-state index in [0.717, 1.165) is 16.9 Å². The number of likely N-dealkylation sites (tertiary alicyclic amines) is 1. The fourth-order valence-corrected chi connectivity index (χ4v) is 3.50. The van der Waals surface area contributed by atoms with Crippen LogP contribution < -0.4 is 4.74 Å². The van der Waals surface area contributed by atoms with Crippen molar-refractivity contribution in [1.82, 2.24) is 4.90 Å². The Bertz CT molecular complexity index is 850. The number of methoxy groups -OCH3 is 1. The fraction of sp³-hybridized carbons (Fsp3) is 0.333. The van der Waals surface area contributed by atoms with Gasteiger partial charge in [-0.15, -0.1) is 0 Å². The second-order valence-corrected chi connectivity index (χ2v) is 7.02. The molecule has 1 amide bonds. The zero-order valence-electron chi connectivity index (χ0n) is 17.0. The van der Waals surface area contributed by atoms with E-state index in [2.05, 4.69) is 0 Å². The van der Waals surface area contributed by atoms with E-state index in [1.54, 1.807) is 7.11 Å². The molecule has 0 spiro atoms. The first-order valence-corrected chi connectivity index (χ1v) is 9.99. The first-order chi connectivity index (χ1) is 14.1. The van der Waals surface area contributed by atoms with Crippen LogP contribution in [0.25, 0.3) is 11.6 Å². The molecule has 0 atom stereocenters. The number of carbonyl (C=O) groups excluding carboxylic acids is 2. The van der Waals surface area contributed by atoms with Crippen molar-refractivity contribution in [3.8, 4) is 5.75 Å². The Labute approximate surface area is 171 Å². The number of carbonyl (C=O) groups is 2. The summed E-state index contributed by atoms with van der Waals surface area (Å²) in [5, 5.41) is 0. The molecule has 5 heteroatoms. The van der Waals surface area contributed by atoms with Gasteiger partial charge in [0.05, 0.1) is 19.6 Å². The highest BCUT2D eigenvalue weighted by Crippen LogP contribution is 2.26. The first-order valence-electron chi connectivity index (χ1n) is 9.99. The van der Waals surface area contributed by atoms with Crippen LogP contribution in [0.4, 0.5) is 0 Å². The Morgan fingerprint density at radius 1 is 1.03 bits per heavy atom. The number of rotatable bonds is 6. The normalized spacial score (nSPS) is 15.1. The molecule has 152 valence electrons. The third-order valence-electron chi connectivity index (χ3n) is 5.14. The fourth-order valence-electron chi connectivity index (χ4n) is 3.50. The molecule has 2 aromatic carbocycles. The lowest BCUT2D eigenvalue weighted by atomic mass is 9.95. The van der Waals surface area contributed by atoms with Crippen molar-refractivity contribution < 1.29 is 19.1 Å². The number of piperidine rings is 1. The minimum atomic E-state index is -0.156. The number of amides is 1. The second kappa shape index (κ2) is 9.92. The van der Waals surface area contributed by atoms with E-state index in [-0.39, 0.29) is 17.8 Å². The maximum absolute atomic E-state index is 13.3. The second-order valence-electron chi connectivity index (χ2n) is 7.02. The molecular formula is C24H27NO4. The first kappa shape index (κ1) is 20.6. The molecule has 0 aliphatic carbocycles. The minimum Gasteiger partial charge on any atom is -0.497 e. The Morgan fingerprint density at radius 3 is 2.28 bits per heavy atom. The zero-order valence-corrected chi connectivity index (χ0v) is 17.0. The molecule has 1 fully saturated rings. The summed E-state index contributed by atoms with van der Waals surface area (Å²) in [7, 11) is 1.63. The average Bonchev–Trinajstić information content (AvgIpc) is 2.78. The Kier molecular flexibility index (Phi) is 7.06. The summed E-state index contributed by atoms with van der Waals surface area (Å²) in [5.41, 5.74) is 2.45. The van der Waals surface area contributed by atoms with Crippen LogP contribution >= 0.6 is 0 Å². The highest BCUT2D eigenvalue weighted by molar-refractivity contribution is 6.24. The number of hydrogen-bond donors (Lipinski definition) is 0. The molecule has 0 radical (unpaired) electrons. The van der Waals surface area contributed by atoms with Crippen LogP contribution in [0.1, 0.15) is 30.9 Å². The summed E-state index contributed by atoms with van der Waals surface area (Å²) >= 11 is 0. The number of benzene rings is 2. The molecule has 3 rings (SSSR count). The lowest BCUT2D eigenvalue weighted by Gasteiger charge is -2.31. The summed E-state index contributed by atoms with van der Waals surface area (Å²) < 4.78 is 10.3. The summed E-state index contributed by atoms with van der Waals surface area (Å²) in [5.74, 6) is 0.478. The van der Waals surface area contributed by atoms with Gasteiger partial charge in [-0.25, -0.2) is 0 Å². The predicted molar refractivity (Wildman–Crippen MR) is 113 cm³/mol. The number of nitrogens with zero attached hydrogens (tertiary/aromatic N) is 1. The van der Waals surface area contributed by atoms with Gasteiger partial charge in [-0.1, -0.05) is 42.5 Å². The lowest BCUT2D eigenvalue weighted by molar-refractivity contribution is -0.150. The number of ether oxygens (including phenoxy) is 2. The van der Waals surface area contributed by atoms with E-state index < -0.39 is 0 Å². The molecule has 1 aliphatic rings. The summed E-state index contributed by atoms with van der Waals surface area (Å²) in [4.78, 5) is 27.2. The van der Waals surface area contributed by atoms with Gasteiger partial charge in [-0.2, -0.15) is 0 Å². The van der Waals surface area contributed by atoms with Gasteiger partial charge in [0.25, 0.3) is 5.91 Å². The third-order valence-corrected chi connectivity index (χ3v) is 5.14. The molecule has 5 nitrogen and oxygen atoms in total. The summed E-state index contributed by atoms with van der Waals surface area (Å²) in [6, 6.07) is 17.3. The SMILES string of the molecule is CCOC(=O)C1CCN(C(=O)/C(=C/c2ccc(OC)cc2)c2ccccc2)CC1. The van der Waals surface area contributed by atoms with Crippen LogP contribution in [0.15, 0.2) is 54.6 Å². The van der Waals surface area contributed by atoms with E-state index >= 15 is 0 Å². The predicted octanol–water partition coefficient (Wildman–Crippen LogP) is 4.04. The molecule has 29 heavy (non-hydrogen) atoms. The van der Waals surface area contributed by atoms with Crippen molar-refractivity contribution in [2.24, 2.45) is 5.92 Å². The molecule has 1 aliphatic heterocycles. The largest absolute Gasteiger partial charge is 0.497 e. The molecule has 0 bridgehead atoms. The Morgan fingerprint density at radius 2 is 1.69 bits per heavy atom. The molecule has 0 aromatic heterocycles. The average molecular weight is 393 g/mol. The maximum Gasteiger partial charge on any atom is 0.309 e. The van der Waals surface area contributed by atoms with Crippen molar-refractivity contribution in [2.45, 2.75) is 19.8 Å². The van der Waals surface area contributed by atoms with Gasteiger partial charge in [-0.05, 0) is 49.1 Å². The summed E-state index contributed by atoms with van der Waals surface area (Å²) in [6.45, 7) is 3.30. The Balaban J connectivity index is 1.80. The van der Waals surface area contributed by atoms with Gasteiger partial charge < -0.3 is 14.4 Å². The van der Waals surface area contributed by atoms with Crippen molar-refractivity contribution in [2.75, 3.05) is 26.8 Å². The third kappa shape index (κ3) is 5.25. The van der Waals surface area contributed by atoms with Crippen LogP contribution in [0.2, 0.25) is 0 Å². The van der Waals surface area contributed by atoms with E-state index in [4.69, 9.17) is 9.47 Å². The highest BCUT2D eigenvalue weighted by atomic mass is 16.5. The van der Waals surface area contributed by atoms with Crippen molar-refractivity contribution >= 4 is 23.5 Å². The van der Waals surface area contributed by atoms with Gasteiger partial charge in [0, 0.05) is 18.7 Å². The van der Waals surface area contributed by atoms with E-state index in [1.807, 2.05) is 72.5 Å². The molecule has 0 saturated carbocycles. The number of hydrogen-bond acceptors (Lipinski definition) is 4. The monoisotopic (exact) mass is 393 g/mol. The van der Waals surface area contributed by atoms with E-state index in [0.29, 0.717) is 38.1 Å². The molecule has 0 N–H and O–H groups in total. The molecular weight excluding hydrogens is 366 g/mol. The topological polar surface area (TPSA) is 55.8 Å². The van der Waals surface area contributed by atoms with Crippen molar-refractivity contribution in [1.29, 1.82) is 0 Å². The van der Waals surface area contributed by atoms with Gasteiger partial charge in [0.2, 0.25) is 0 Å². The van der Waals surface area contributed by atoms with Gasteiger partial charge >= 0.3 is 5.97 Å².